The van der Waals surface area contributed by atoms with Crippen LogP contribution in [-0.4, -0.2) is 23.9 Å². The van der Waals surface area contributed by atoms with Gasteiger partial charge in [0.05, 0.1) is 24.1 Å². The van der Waals surface area contributed by atoms with Crippen molar-refractivity contribution in [2.75, 3.05) is 17.7 Å². The highest BCUT2D eigenvalue weighted by atomic mass is 19.1. The van der Waals surface area contributed by atoms with E-state index < -0.39 is 5.82 Å². The number of nitrogen functional groups attached to an aromatic ring is 1. The minimum Gasteiger partial charge on any atom is -0.488 e. The van der Waals surface area contributed by atoms with Crippen LogP contribution in [0, 0.1) is 5.82 Å². The van der Waals surface area contributed by atoms with E-state index in [1.54, 1.807) is 6.92 Å². The molecule has 17 heavy (non-hydrogen) atoms. The number of rotatable bonds is 5. The Hall–Kier alpha value is -1.49. The molecule has 0 saturated heterocycles. The summed E-state index contributed by atoms with van der Waals surface area (Å²) in [6.45, 7) is 5.40. The molecule has 0 aromatic heterocycles. The Bertz CT molecular complexity index is 383. The molecular formula is C12H19FN2O2. The maximum absolute atomic E-state index is 13.5. The molecule has 1 unspecified atom stereocenters. The number of anilines is 2. The van der Waals surface area contributed by atoms with Crippen LogP contribution >= 0.6 is 0 Å². The van der Waals surface area contributed by atoms with Crippen LogP contribution in [0.3, 0.4) is 0 Å². The van der Waals surface area contributed by atoms with Crippen LogP contribution in [0.1, 0.15) is 20.8 Å². The predicted octanol–water partition coefficient (Wildman–Crippen LogP) is 1.99. The van der Waals surface area contributed by atoms with Gasteiger partial charge in [-0.3, -0.25) is 0 Å². The van der Waals surface area contributed by atoms with Crippen molar-refractivity contribution in [1.29, 1.82) is 0 Å². The maximum Gasteiger partial charge on any atom is 0.167 e. The van der Waals surface area contributed by atoms with Gasteiger partial charge in [0.25, 0.3) is 0 Å². The van der Waals surface area contributed by atoms with Crippen molar-refractivity contribution in [2.24, 2.45) is 0 Å². The van der Waals surface area contributed by atoms with Crippen LogP contribution < -0.4 is 15.8 Å². The Balaban J connectivity index is 2.97. The molecule has 5 heteroatoms. The van der Waals surface area contributed by atoms with Crippen molar-refractivity contribution in [3.8, 4) is 5.75 Å². The molecule has 1 rings (SSSR count). The number of aliphatic hydroxyl groups excluding tert-OH is 1. The standard InChI is InChI=1S/C12H19FN2O2/c1-7(2)17-12-5-11(15-8(3)6-16)10(14)4-9(12)13/h4-5,7-8,15-16H,6,14H2,1-3H3. The van der Waals surface area contributed by atoms with Crippen molar-refractivity contribution < 1.29 is 14.2 Å². The van der Waals surface area contributed by atoms with E-state index >= 15 is 0 Å². The number of aliphatic hydroxyl groups is 1. The smallest absolute Gasteiger partial charge is 0.167 e. The van der Waals surface area contributed by atoms with Gasteiger partial charge in [-0.15, -0.1) is 0 Å². The van der Waals surface area contributed by atoms with E-state index in [0.717, 1.165) is 0 Å². The molecular weight excluding hydrogens is 223 g/mol. The Morgan fingerprint density at radius 1 is 1.41 bits per heavy atom. The highest BCUT2D eigenvalue weighted by molar-refractivity contribution is 5.68. The lowest BCUT2D eigenvalue weighted by Gasteiger charge is -2.17. The molecule has 1 aromatic rings. The van der Waals surface area contributed by atoms with Crippen molar-refractivity contribution in [3.05, 3.63) is 17.9 Å². The van der Waals surface area contributed by atoms with Crippen LogP contribution in [-0.2, 0) is 0 Å². The van der Waals surface area contributed by atoms with E-state index in [0.29, 0.717) is 11.4 Å². The van der Waals surface area contributed by atoms with E-state index in [1.165, 1.54) is 12.1 Å². The highest BCUT2D eigenvalue weighted by Gasteiger charge is 2.11. The second kappa shape index (κ2) is 5.72. The van der Waals surface area contributed by atoms with Gasteiger partial charge in [-0.1, -0.05) is 0 Å². The summed E-state index contributed by atoms with van der Waals surface area (Å²) in [5.41, 5.74) is 6.53. The molecule has 0 bridgehead atoms. The fourth-order valence-corrected chi connectivity index (χ4v) is 1.35. The lowest BCUT2D eigenvalue weighted by atomic mass is 10.2. The summed E-state index contributed by atoms with van der Waals surface area (Å²) in [4.78, 5) is 0. The third-order valence-corrected chi connectivity index (χ3v) is 2.14. The molecule has 0 aliphatic rings. The van der Waals surface area contributed by atoms with Crippen LogP contribution in [0.4, 0.5) is 15.8 Å². The van der Waals surface area contributed by atoms with E-state index in [2.05, 4.69) is 5.32 Å². The van der Waals surface area contributed by atoms with Gasteiger partial charge in [0.1, 0.15) is 0 Å². The first-order valence-corrected chi connectivity index (χ1v) is 5.57. The second-order valence-electron chi connectivity index (χ2n) is 4.26. The maximum atomic E-state index is 13.5. The predicted molar refractivity (Wildman–Crippen MR) is 66.7 cm³/mol. The molecule has 0 amide bonds. The van der Waals surface area contributed by atoms with Crippen molar-refractivity contribution in [2.45, 2.75) is 32.9 Å². The molecule has 0 aliphatic carbocycles. The Morgan fingerprint density at radius 2 is 2.06 bits per heavy atom. The highest BCUT2D eigenvalue weighted by Crippen LogP contribution is 2.29. The van der Waals surface area contributed by atoms with E-state index in [-0.39, 0.29) is 24.5 Å². The summed E-state index contributed by atoms with van der Waals surface area (Å²) in [7, 11) is 0. The lowest BCUT2D eigenvalue weighted by Crippen LogP contribution is -2.20. The first kappa shape index (κ1) is 13.6. The SMILES string of the molecule is CC(CO)Nc1cc(OC(C)C)c(F)cc1N. The average molecular weight is 242 g/mol. The Labute approximate surface area is 101 Å². The normalized spacial score (nSPS) is 12.6. The van der Waals surface area contributed by atoms with Gasteiger partial charge in [0, 0.05) is 18.2 Å². The molecule has 1 atom stereocenters. The number of halogens is 1. The largest absolute Gasteiger partial charge is 0.488 e. The summed E-state index contributed by atoms with van der Waals surface area (Å²) in [5, 5.41) is 11.9. The van der Waals surface area contributed by atoms with Crippen molar-refractivity contribution in [1.82, 2.24) is 0 Å². The summed E-state index contributed by atoms with van der Waals surface area (Å²) in [6.07, 6.45) is -0.115. The third kappa shape index (κ3) is 3.78. The zero-order valence-electron chi connectivity index (χ0n) is 10.3. The zero-order valence-corrected chi connectivity index (χ0v) is 10.3. The number of hydrogen-bond donors (Lipinski definition) is 3. The third-order valence-electron chi connectivity index (χ3n) is 2.14. The number of nitrogens with two attached hydrogens (primary N) is 1. The van der Waals surface area contributed by atoms with Crippen LogP contribution in [0.15, 0.2) is 12.1 Å². The lowest BCUT2D eigenvalue weighted by molar-refractivity contribution is 0.231. The van der Waals surface area contributed by atoms with Gasteiger partial charge in [0.15, 0.2) is 11.6 Å². The molecule has 0 spiro atoms. The first-order valence-electron chi connectivity index (χ1n) is 5.57. The monoisotopic (exact) mass is 242 g/mol. The average Bonchev–Trinajstić information content (AvgIpc) is 2.24. The fraction of sp³-hybridized carbons (Fsp3) is 0.500. The zero-order chi connectivity index (χ0) is 13.0. The minimum atomic E-state index is -0.488. The van der Waals surface area contributed by atoms with Crippen molar-refractivity contribution in [3.63, 3.8) is 0 Å². The van der Waals surface area contributed by atoms with Gasteiger partial charge in [0.2, 0.25) is 0 Å². The van der Waals surface area contributed by atoms with E-state index in [9.17, 15) is 4.39 Å². The van der Waals surface area contributed by atoms with E-state index in [1.807, 2.05) is 13.8 Å². The van der Waals surface area contributed by atoms with Gasteiger partial charge in [-0.2, -0.15) is 0 Å². The Morgan fingerprint density at radius 3 is 2.59 bits per heavy atom. The number of ether oxygens (including phenoxy) is 1. The number of hydrogen-bond acceptors (Lipinski definition) is 4. The molecule has 0 radical (unpaired) electrons. The topological polar surface area (TPSA) is 67.5 Å². The minimum absolute atomic E-state index is 0.0306. The number of nitrogens with one attached hydrogen (secondary N) is 1. The quantitative estimate of drug-likeness (QED) is 0.691. The van der Waals surface area contributed by atoms with Gasteiger partial charge >= 0.3 is 0 Å². The molecule has 0 fully saturated rings. The van der Waals surface area contributed by atoms with Crippen LogP contribution in [0.2, 0.25) is 0 Å². The Kier molecular flexibility index (Phi) is 4.57. The summed E-state index contributed by atoms with van der Waals surface area (Å²) >= 11 is 0. The van der Waals surface area contributed by atoms with E-state index in [4.69, 9.17) is 15.6 Å². The number of benzene rings is 1. The fourth-order valence-electron chi connectivity index (χ4n) is 1.35. The summed E-state index contributed by atoms with van der Waals surface area (Å²) in [6, 6.07) is 2.57. The first-order chi connectivity index (χ1) is 7.93. The second-order valence-corrected chi connectivity index (χ2v) is 4.26. The molecule has 4 N–H and O–H groups in total. The van der Waals surface area contributed by atoms with Gasteiger partial charge in [-0.25, -0.2) is 4.39 Å². The molecule has 0 heterocycles. The van der Waals surface area contributed by atoms with Crippen molar-refractivity contribution >= 4 is 11.4 Å². The van der Waals surface area contributed by atoms with Crippen LogP contribution in [0.25, 0.3) is 0 Å². The molecule has 4 nitrogen and oxygen atoms in total. The molecule has 96 valence electrons. The molecule has 0 aliphatic heterocycles. The molecule has 1 aromatic carbocycles. The summed E-state index contributed by atoms with van der Waals surface area (Å²) in [5.74, 6) is -0.333. The summed E-state index contributed by atoms with van der Waals surface area (Å²) < 4.78 is 18.9. The molecule has 0 saturated carbocycles. The van der Waals surface area contributed by atoms with Crippen LogP contribution in [0.5, 0.6) is 5.75 Å². The van der Waals surface area contributed by atoms with Gasteiger partial charge < -0.3 is 20.9 Å². The van der Waals surface area contributed by atoms with Gasteiger partial charge in [-0.05, 0) is 20.8 Å².